The Bertz CT molecular complexity index is 668. The molecule has 0 spiro atoms. The summed E-state index contributed by atoms with van der Waals surface area (Å²) in [6.45, 7) is 1.50. The molecule has 1 aliphatic heterocycles. The van der Waals surface area contributed by atoms with Crippen molar-refractivity contribution < 1.29 is 9.21 Å². The summed E-state index contributed by atoms with van der Waals surface area (Å²) >= 11 is 6.17. The van der Waals surface area contributed by atoms with Crippen molar-refractivity contribution in [2.75, 3.05) is 20.1 Å². The zero-order valence-electron chi connectivity index (χ0n) is 12.5. The van der Waals surface area contributed by atoms with E-state index in [4.69, 9.17) is 16.0 Å². The number of likely N-dealkylation sites (N-methyl/N-ethyl adjacent to an activating group) is 1. The number of benzene rings is 1. The molecule has 1 aromatic carbocycles. The molecule has 1 aromatic heterocycles. The van der Waals surface area contributed by atoms with Crippen molar-refractivity contribution in [2.45, 2.75) is 18.9 Å². The number of nitrogens with zero attached hydrogens (tertiary/aromatic N) is 1. The molecule has 116 valence electrons. The van der Waals surface area contributed by atoms with Gasteiger partial charge in [-0.3, -0.25) is 4.79 Å². The molecule has 0 saturated carbocycles. The second kappa shape index (κ2) is 6.55. The number of halogens is 1. The van der Waals surface area contributed by atoms with Gasteiger partial charge in [-0.25, -0.2) is 0 Å². The van der Waals surface area contributed by atoms with E-state index < -0.39 is 0 Å². The Morgan fingerprint density at radius 1 is 1.32 bits per heavy atom. The summed E-state index contributed by atoms with van der Waals surface area (Å²) < 4.78 is 5.74. The fourth-order valence-electron chi connectivity index (χ4n) is 2.81. The third-order valence-corrected chi connectivity index (χ3v) is 4.40. The number of amides is 1. The second-order valence-corrected chi connectivity index (χ2v) is 5.93. The van der Waals surface area contributed by atoms with E-state index in [1.54, 1.807) is 12.1 Å². The average Bonchev–Trinajstić information content (AvgIpc) is 3.04. The highest BCUT2D eigenvalue weighted by Gasteiger charge is 2.25. The minimum absolute atomic E-state index is 0.0572. The molecule has 1 unspecified atom stereocenters. The molecule has 2 heterocycles. The van der Waals surface area contributed by atoms with Crippen LogP contribution >= 0.6 is 11.6 Å². The molecule has 1 atom stereocenters. The lowest BCUT2D eigenvalue weighted by Crippen LogP contribution is -2.46. The van der Waals surface area contributed by atoms with Gasteiger partial charge in [0.05, 0.1) is 5.02 Å². The Morgan fingerprint density at radius 3 is 2.91 bits per heavy atom. The SMILES string of the molecule is CNC1CCCN(C(=O)c2ccc(-c3ccccc3Cl)o2)C1. The number of nitrogens with one attached hydrogen (secondary N) is 1. The number of furan rings is 1. The first-order chi connectivity index (χ1) is 10.7. The average molecular weight is 319 g/mol. The van der Waals surface area contributed by atoms with Crippen LogP contribution in [0, 0.1) is 0 Å². The topological polar surface area (TPSA) is 45.5 Å². The normalized spacial score (nSPS) is 18.5. The minimum atomic E-state index is -0.0572. The Balaban J connectivity index is 1.79. The lowest BCUT2D eigenvalue weighted by molar-refractivity contribution is 0.0667. The second-order valence-electron chi connectivity index (χ2n) is 5.52. The van der Waals surface area contributed by atoms with Gasteiger partial charge in [0.2, 0.25) is 0 Å². The Kier molecular flexibility index (Phi) is 4.50. The molecule has 3 rings (SSSR count). The Hall–Kier alpha value is -1.78. The van der Waals surface area contributed by atoms with E-state index in [0.717, 1.165) is 31.5 Å². The van der Waals surface area contributed by atoms with Crippen LogP contribution in [0.5, 0.6) is 0 Å². The fourth-order valence-corrected chi connectivity index (χ4v) is 3.04. The summed E-state index contributed by atoms with van der Waals surface area (Å²) in [5.74, 6) is 0.932. The Labute approximate surface area is 135 Å². The van der Waals surface area contributed by atoms with Gasteiger partial charge in [-0.15, -0.1) is 0 Å². The van der Waals surface area contributed by atoms with Crippen LogP contribution in [0.25, 0.3) is 11.3 Å². The van der Waals surface area contributed by atoms with Crippen molar-refractivity contribution >= 4 is 17.5 Å². The van der Waals surface area contributed by atoms with Gasteiger partial charge in [0, 0.05) is 24.7 Å². The van der Waals surface area contributed by atoms with Gasteiger partial charge in [0.1, 0.15) is 5.76 Å². The molecule has 0 radical (unpaired) electrons. The van der Waals surface area contributed by atoms with Crippen LogP contribution in [0.2, 0.25) is 5.02 Å². The van der Waals surface area contributed by atoms with Crippen LogP contribution < -0.4 is 5.32 Å². The zero-order valence-corrected chi connectivity index (χ0v) is 13.3. The number of piperidine rings is 1. The number of hydrogen-bond donors (Lipinski definition) is 1. The summed E-state index contributed by atoms with van der Waals surface area (Å²) in [4.78, 5) is 14.4. The molecule has 4 nitrogen and oxygen atoms in total. The number of hydrogen-bond acceptors (Lipinski definition) is 3. The van der Waals surface area contributed by atoms with Crippen molar-refractivity contribution in [2.24, 2.45) is 0 Å². The lowest BCUT2D eigenvalue weighted by atomic mass is 10.1. The zero-order chi connectivity index (χ0) is 15.5. The molecule has 1 aliphatic rings. The summed E-state index contributed by atoms with van der Waals surface area (Å²) in [7, 11) is 1.93. The number of carbonyl (C=O) groups is 1. The lowest BCUT2D eigenvalue weighted by Gasteiger charge is -2.31. The third kappa shape index (κ3) is 3.03. The van der Waals surface area contributed by atoms with Crippen molar-refractivity contribution in [1.29, 1.82) is 0 Å². The molecule has 0 bridgehead atoms. The maximum atomic E-state index is 12.6. The number of carbonyl (C=O) groups excluding carboxylic acids is 1. The first-order valence-corrected chi connectivity index (χ1v) is 7.88. The predicted octanol–water partition coefficient (Wildman–Crippen LogP) is 3.42. The monoisotopic (exact) mass is 318 g/mol. The van der Waals surface area contributed by atoms with Gasteiger partial charge in [-0.1, -0.05) is 23.7 Å². The maximum absolute atomic E-state index is 12.6. The van der Waals surface area contributed by atoms with Gasteiger partial charge in [0.25, 0.3) is 5.91 Å². The fraction of sp³-hybridized carbons (Fsp3) is 0.353. The molecule has 1 fully saturated rings. The van der Waals surface area contributed by atoms with Gasteiger partial charge < -0.3 is 14.6 Å². The van der Waals surface area contributed by atoms with E-state index in [1.807, 2.05) is 36.2 Å². The third-order valence-electron chi connectivity index (χ3n) is 4.07. The van der Waals surface area contributed by atoms with E-state index in [-0.39, 0.29) is 5.91 Å². The van der Waals surface area contributed by atoms with Gasteiger partial charge in [-0.05, 0) is 44.2 Å². The van der Waals surface area contributed by atoms with E-state index in [0.29, 0.717) is 22.6 Å². The highest BCUT2D eigenvalue weighted by atomic mass is 35.5. The summed E-state index contributed by atoms with van der Waals surface area (Å²) in [6.07, 6.45) is 2.11. The first-order valence-electron chi connectivity index (χ1n) is 7.50. The maximum Gasteiger partial charge on any atom is 0.289 e. The molecule has 1 N–H and O–H groups in total. The van der Waals surface area contributed by atoms with Crippen LogP contribution in [0.15, 0.2) is 40.8 Å². The largest absolute Gasteiger partial charge is 0.451 e. The molecular formula is C17H19ClN2O2. The van der Waals surface area contributed by atoms with E-state index >= 15 is 0 Å². The molecule has 1 saturated heterocycles. The molecule has 5 heteroatoms. The molecule has 1 amide bonds. The van der Waals surface area contributed by atoms with Gasteiger partial charge in [-0.2, -0.15) is 0 Å². The number of likely N-dealkylation sites (tertiary alicyclic amines) is 1. The molecule has 0 aliphatic carbocycles. The Morgan fingerprint density at radius 2 is 2.14 bits per heavy atom. The molecule has 22 heavy (non-hydrogen) atoms. The van der Waals surface area contributed by atoms with Crippen LogP contribution in [-0.4, -0.2) is 37.0 Å². The smallest absolute Gasteiger partial charge is 0.289 e. The highest BCUT2D eigenvalue weighted by Crippen LogP contribution is 2.29. The minimum Gasteiger partial charge on any atom is -0.451 e. The standard InChI is InChI=1S/C17H19ClN2O2/c1-19-12-5-4-10-20(11-12)17(21)16-9-8-15(22-16)13-6-2-3-7-14(13)18/h2-3,6-9,12,19H,4-5,10-11H2,1H3. The van der Waals surface area contributed by atoms with Crippen LogP contribution in [0.1, 0.15) is 23.4 Å². The molecular weight excluding hydrogens is 300 g/mol. The van der Waals surface area contributed by atoms with Crippen molar-refractivity contribution in [3.63, 3.8) is 0 Å². The van der Waals surface area contributed by atoms with Gasteiger partial charge >= 0.3 is 0 Å². The summed E-state index contributed by atoms with van der Waals surface area (Å²) in [5.41, 5.74) is 0.801. The van der Waals surface area contributed by atoms with Crippen molar-refractivity contribution in [1.82, 2.24) is 10.2 Å². The van der Waals surface area contributed by atoms with Gasteiger partial charge in [0.15, 0.2) is 5.76 Å². The molecule has 2 aromatic rings. The predicted molar refractivity (Wildman–Crippen MR) is 87.1 cm³/mol. The number of rotatable bonds is 3. The van der Waals surface area contributed by atoms with E-state index in [9.17, 15) is 4.79 Å². The highest BCUT2D eigenvalue weighted by molar-refractivity contribution is 6.33. The summed E-state index contributed by atoms with van der Waals surface area (Å²) in [5, 5.41) is 3.85. The van der Waals surface area contributed by atoms with Crippen LogP contribution in [0.3, 0.4) is 0 Å². The van der Waals surface area contributed by atoms with Crippen molar-refractivity contribution in [3.8, 4) is 11.3 Å². The van der Waals surface area contributed by atoms with Crippen LogP contribution in [0.4, 0.5) is 0 Å². The van der Waals surface area contributed by atoms with Crippen molar-refractivity contribution in [3.05, 3.63) is 47.2 Å². The van der Waals surface area contributed by atoms with E-state index in [2.05, 4.69) is 5.32 Å². The quantitative estimate of drug-likeness (QED) is 0.943. The van der Waals surface area contributed by atoms with E-state index in [1.165, 1.54) is 0 Å². The first kappa shape index (κ1) is 15.1. The van der Waals surface area contributed by atoms with Crippen LogP contribution in [-0.2, 0) is 0 Å². The summed E-state index contributed by atoms with van der Waals surface area (Å²) in [6, 6.07) is 11.3.